The van der Waals surface area contributed by atoms with E-state index in [1.807, 2.05) is 29.2 Å². The number of benzene rings is 3. The fourth-order valence-electron chi connectivity index (χ4n) is 7.71. The van der Waals surface area contributed by atoms with Crippen molar-refractivity contribution in [1.29, 1.82) is 0 Å². The first-order valence-corrected chi connectivity index (χ1v) is 17.9. The van der Waals surface area contributed by atoms with Gasteiger partial charge < -0.3 is 19.3 Å². The molecule has 0 radical (unpaired) electrons. The summed E-state index contributed by atoms with van der Waals surface area (Å²) in [5.41, 5.74) is 6.46. The largest absolute Gasteiger partial charge is 0.508 e. The third kappa shape index (κ3) is 6.62. The molecule has 3 aromatic carbocycles. The molecule has 1 saturated heterocycles. The molecule has 10 nitrogen and oxygen atoms in total. The Morgan fingerprint density at radius 2 is 1.71 bits per heavy atom. The van der Waals surface area contributed by atoms with Crippen LogP contribution in [0.25, 0.3) is 11.3 Å². The van der Waals surface area contributed by atoms with Gasteiger partial charge in [0.25, 0.3) is 11.8 Å². The Kier molecular flexibility index (Phi) is 9.29. The van der Waals surface area contributed by atoms with Crippen molar-refractivity contribution in [3.05, 3.63) is 124 Å². The molecule has 260 valence electrons. The predicted molar refractivity (Wildman–Crippen MR) is 195 cm³/mol. The van der Waals surface area contributed by atoms with Crippen LogP contribution in [0.4, 0.5) is 11.5 Å². The van der Waals surface area contributed by atoms with E-state index >= 15 is 0 Å². The highest BCUT2D eigenvalue weighted by Crippen LogP contribution is 2.38. The Hall–Kier alpha value is -5.03. The molecule has 1 atom stereocenters. The van der Waals surface area contributed by atoms with Gasteiger partial charge in [0.1, 0.15) is 5.75 Å². The van der Waals surface area contributed by atoms with E-state index in [1.54, 1.807) is 48.7 Å². The zero-order valence-corrected chi connectivity index (χ0v) is 29.0. The number of halogens is 1. The van der Waals surface area contributed by atoms with Crippen LogP contribution in [0.15, 0.2) is 91.1 Å². The first-order valence-electron chi connectivity index (χ1n) is 17.6. The van der Waals surface area contributed by atoms with Crippen molar-refractivity contribution >= 4 is 34.9 Å². The molecule has 1 N–H and O–H groups in total. The number of rotatable bonds is 7. The molecular weight excluding hydrogens is 664 g/mol. The standard InChI is InChI=1S/C40H39ClN6O4/c41-29-10-15-33(39(49)46-25-28-7-2-1-6-27(28)22-31(46)26-44-18-20-51-21-19-44)34(23-29)37-24-35(36-8-3-4-17-45(36)37)40(50)47(38-9-5-16-42-43-38)30-11-13-32(48)14-12-30/h1-2,5-7,9-16,23-24,31,48H,3-4,8,17-22,25-26H2/t31-/m0/s1. The Morgan fingerprint density at radius 3 is 2.49 bits per heavy atom. The number of morpholine rings is 1. The average molecular weight is 703 g/mol. The lowest BCUT2D eigenvalue weighted by Crippen LogP contribution is -2.52. The number of amides is 2. The summed E-state index contributed by atoms with van der Waals surface area (Å²) in [6.45, 7) is 5.06. The number of anilines is 2. The van der Waals surface area contributed by atoms with Crippen LogP contribution < -0.4 is 4.90 Å². The number of hydrogen-bond donors (Lipinski definition) is 1. The van der Waals surface area contributed by atoms with Gasteiger partial charge in [-0.3, -0.25) is 19.4 Å². The van der Waals surface area contributed by atoms with E-state index in [4.69, 9.17) is 16.3 Å². The Bertz CT molecular complexity index is 2060. The molecule has 0 unspecified atom stereocenters. The van der Waals surface area contributed by atoms with Crippen LogP contribution >= 0.6 is 11.6 Å². The van der Waals surface area contributed by atoms with Gasteiger partial charge in [0, 0.05) is 72.5 Å². The monoisotopic (exact) mass is 702 g/mol. The van der Waals surface area contributed by atoms with E-state index in [9.17, 15) is 14.7 Å². The second-order valence-electron chi connectivity index (χ2n) is 13.4. The van der Waals surface area contributed by atoms with Crippen molar-refractivity contribution in [2.24, 2.45) is 0 Å². The van der Waals surface area contributed by atoms with Crippen LogP contribution in [0.2, 0.25) is 5.02 Å². The molecule has 5 heterocycles. The molecule has 0 aliphatic carbocycles. The summed E-state index contributed by atoms with van der Waals surface area (Å²) in [4.78, 5) is 35.5. The highest BCUT2D eigenvalue weighted by Gasteiger charge is 2.35. The van der Waals surface area contributed by atoms with Crippen molar-refractivity contribution in [3.63, 3.8) is 0 Å². The normalized spacial score (nSPS) is 17.4. The Morgan fingerprint density at radius 1 is 0.902 bits per heavy atom. The number of aromatic hydroxyl groups is 1. The maximum atomic E-state index is 14.9. The fraction of sp³-hybridized carbons (Fsp3) is 0.300. The number of ether oxygens (including phenoxy) is 1. The van der Waals surface area contributed by atoms with Crippen molar-refractivity contribution in [3.8, 4) is 17.0 Å². The zero-order chi connectivity index (χ0) is 34.9. The number of nitrogens with zero attached hydrogens (tertiary/aromatic N) is 6. The van der Waals surface area contributed by atoms with Gasteiger partial charge in [-0.1, -0.05) is 35.9 Å². The van der Waals surface area contributed by atoms with Gasteiger partial charge in [-0.05, 0) is 97.5 Å². The quantitative estimate of drug-likeness (QED) is 0.206. The van der Waals surface area contributed by atoms with Gasteiger partial charge in [0.15, 0.2) is 5.82 Å². The van der Waals surface area contributed by atoms with E-state index in [1.165, 1.54) is 10.5 Å². The molecule has 0 spiro atoms. The van der Waals surface area contributed by atoms with Crippen LogP contribution in [-0.4, -0.2) is 80.4 Å². The van der Waals surface area contributed by atoms with E-state index in [-0.39, 0.29) is 23.6 Å². The minimum absolute atomic E-state index is 0.0155. The summed E-state index contributed by atoms with van der Waals surface area (Å²) in [5.74, 6) is 0.127. The summed E-state index contributed by atoms with van der Waals surface area (Å²) in [7, 11) is 0. The average Bonchev–Trinajstić information content (AvgIpc) is 3.56. The first-order chi connectivity index (χ1) is 24.9. The van der Waals surface area contributed by atoms with Gasteiger partial charge in [-0.15, -0.1) is 5.10 Å². The van der Waals surface area contributed by atoms with Gasteiger partial charge >= 0.3 is 0 Å². The van der Waals surface area contributed by atoms with Crippen LogP contribution in [-0.2, 0) is 30.7 Å². The molecule has 3 aliphatic rings. The van der Waals surface area contributed by atoms with Crippen LogP contribution in [0.3, 0.4) is 0 Å². The summed E-state index contributed by atoms with van der Waals surface area (Å²) in [6.07, 6.45) is 4.93. The highest BCUT2D eigenvalue weighted by atomic mass is 35.5. The van der Waals surface area contributed by atoms with E-state index < -0.39 is 0 Å². The second-order valence-corrected chi connectivity index (χ2v) is 13.8. The summed E-state index contributed by atoms with van der Waals surface area (Å²) in [5, 5.41) is 18.8. The number of fused-ring (bicyclic) bond motifs is 2. The topological polar surface area (TPSA) is 104 Å². The van der Waals surface area contributed by atoms with Crippen molar-refractivity contribution in [1.82, 2.24) is 24.6 Å². The predicted octanol–water partition coefficient (Wildman–Crippen LogP) is 6.52. The minimum Gasteiger partial charge on any atom is -0.508 e. The number of phenols is 1. The summed E-state index contributed by atoms with van der Waals surface area (Å²) < 4.78 is 7.80. The zero-order valence-electron chi connectivity index (χ0n) is 28.2. The second kappa shape index (κ2) is 14.3. The molecule has 0 bridgehead atoms. The van der Waals surface area contributed by atoms with Gasteiger partial charge in [-0.2, -0.15) is 5.10 Å². The molecule has 3 aliphatic heterocycles. The van der Waals surface area contributed by atoms with E-state index in [0.29, 0.717) is 65.9 Å². The van der Waals surface area contributed by atoms with Crippen LogP contribution in [0, 0.1) is 0 Å². The summed E-state index contributed by atoms with van der Waals surface area (Å²) in [6, 6.07) is 25.7. The number of carbonyl (C=O) groups excluding carboxylic acids is 2. The number of carbonyl (C=O) groups is 2. The molecule has 2 aromatic heterocycles. The third-order valence-corrected chi connectivity index (χ3v) is 10.5. The van der Waals surface area contributed by atoms with Crippen LogP contribution in [0.1, 0.15) is 50.4 Å². The molecule has 11 heteroatoms. The van der Waals surface area contributed by atoms with Crippen LogP contribution in [0.5, 0.6) is 5.75 Å². The molecule has 5 aromatic rings. The van der Waals surface area contributed by atoms with Crippen molar-refractivity contribution in [2.75, 3.05) is 37.7 Å². The third-order valence-electron chi connectivity index (χ3n) is 10.3. The molecule has 51 heavy (non-hydrogen) atoms. The van der Waals surface area contributed by atoms with Gasteiger partial charge in [-0.25, -0.2) is 0 Å². The molecule has 8 rings (SSSR count). The smallest absolute Gasteiger partial charge is 0.265 e. The number of aromatic nitrogens is 3. The molecular formula is C40H39ClN6O4. The highest BCUT2D eigenvalue weighted by molar-refractivity contribution is 6.31. The molecule has 1 fully saturated rings. The lowest BCUT2D eigenvalue weighted by Gasteiger charge is -2.40. The number of hydrogen-bond acceptors (Lipinski definition) is 7. The minimum atomic E-state index is -0.272. The maximum Gasteiger partial charge on any atom is 0.265 e. The van der Waals surface area contributed by atoms with E-state index in [0.717, 1.165) is 55.8 Å². The molecule has 2 amide bonds. The van der Waals surface area contributed by atoms with Crippen molar-refractivity contribution in [2.45, 2.75) is 44.8 Å². The van der Waals surface area contributed by atoms with Gasteiger partial charge in [0.2, 0.25) is 0 Å². The SMILES string of the molecule is O=C(c1cc(-c2cc(Cl)ccc2C(=O)N2Cc3ccccc3C[C@H]2CN2CCOCC2)n2c1CCCC2)N(c1ccc(O)cc1)c1cccnn1. The first kappa shape index (κ1) is 33.1. The maximum absolute atomic E-state index is 14.9. The Labute approximate surface area is 301 Å². The molecule has 0 saturated carbocycles. The lowest BCUT2D eigenvalue weighted by atomic mass is 9.92. The lowest BCUT2D eigenvalue weighted by molar-refractivity contribution is 0.0193. The Balaban J connectivity index is 1.20. The van der Waals surface area contributed by atoms with Crippen molar-refractivity contribution < 1.29 is 19.4 Å². The van der Waals surface area contributed by atoms with Gasteiger partial charge in [0.05, 0.1) is 24.5 Å². The number of phenolic OH excluding ortho intramolecular Hbond substituents is 1. The fourth-order valence-corrected chi connectivity index (χ4v) is 7.88. The van der Waals surface area contributed by atoms with E-state index in [2.05, 4.69) is 37.9 Å². The summed E-state index contributed by atoms with van der Waals surface area (Å²) >= 11 is 6.69.